The van der Waals surface area contributed by atoms with Crippen molar-refractivity contribution in [3.8, 4) is 0 Å². The van der Waals surface area contributed by atoms with Crippen LogP contribution in [0.15, 0.2) is 11.4 Å². The molecule has 1 saturated heterocycles. The molecule has 1 saturated carbocycles. The lowest BCUT2D eigenvalue weighted by atomic mass is 9.70. The number of rotatable bonds is 2. The van der Waals surface area contributed by atoms with Crippen molar-refractivity contribution in [1.29, 1.82) is 0 Å². The van der Waals surface area contributed by atoms with Crippen LogP contribution in [-0.2, 0) is 4.74 Å². The maximum Gasteiger partial charge on any atom is 0.0914 e. The SMILES string of the molecule is Cc1ccsc1C(O)C1CCOC2(CCC2)C1. The second-order valence-electron chi connectivity index (χ2n) is 5.55. The Balaban J connectivity index is 1.73. The van der Waals surface area contributed by atoms with Gasteiger partial charge in [0.1, 0.15) is 0 Å². The zero-order chi connectivity index (χ0) is 11.9. The minimum Gasteiger partial charge on any atom is -0.387 e. The average molecular weight is 252 g/mol. The van der Waals surface area contributed by atoms with Gasteiger partial charge in [-0.05, 0) is 62.0 Å². The van der Waals surface area contributed by atoms with Crippen molar-refractivity contribution >= 4 is 11.3 Å². The lowest BCUT2D eigenvalue weighted by Crippen LogP contribution is -2.46. The van der Waals surface area contributed by atoms with Gasteiger partial charge in [0.15, 0.2) is 0 Å². The Labute approximate surface area is 107 Å². The van der Waals surface area contributed by atoms with Gasteiger partial charge in [0.25, 0.3) is 0 Å². The molecule has 3 heteroatoms. The summed E-state index contributed by atoms with van der Waals surface area (Å²) in [5, 5.41) is 12.6. The molecule has 1 aromatic heterocycles. The van der Waals surface area contributed by atoms with Crippen molar-refractivity contribution in [2.24, 2.45) is 5.92 Å². The average Bonchev–Trinajstić information content (AvgIpc) is 2.73. The number of aliphatic hydroxyl groups is 1. The Kier molecular flexibility index (Phi) is 3.01. The number of aliphatic hydroxyl groups excluding tert-OH is 1. The van der Waals surface area contributed by atoms with Crippen LogP contribution in [0, 0.1) is 12.8 Å². The molecule has 2 aliphatic rings. The quantitative estimate of drug-likeness (QED) is 0.873. The van der Waals surface area contributed by atoms with E-state index in [9.17, 15) is 5.11 Å². The molecule has 1 aliphatic heterocycles. The molecule has 0 bridgehead atoms. The fraction of sp³-hybridized carbons (Fsp3) is 0.714. The summed E-state index contributed by atoms with van der Waals surface area (Å²) in [5.41, 5.74) is 1.37. The van der Waals surface area contributed by atoms with Crippen LogP contribution in [0.1, 0.15) is 48.6 Å². The molecular formula is C14H20O2S. The van der Waals surface area contributed by atoms with E-state index in [1.807, 2.05) is 0 Å². The van der Waals surface area contributed by atoms with Crippen molar-refractivity contribution < 1.29 is 9.84 Å². The molecule has 2 unspecified atom stereocenters. The van der Waals surface area contributed by atoms with E-state index in [1.54, 1.807) is 11.3 Å². The van der Waals surface area contributed by atoms with Gasteiger partial charge in [-0.15, -0.1) is 11.3 Å². The van der Waals surface area contributed by atoms with Crippen molar-refractivity contribution in [2.75, 3.05) is 6.61 Å². The van der Waals surface area contributed by atoms with E-state index in [1.165, 1.54) is 24.8 Å². The van der Waals surface area contributed by atoms with Gasteiger partial charge in [0, 0.05) is 11.5 Å². The maximum atomic E-state index is 10.5. The topological polar surface area (TPSA) is 29.5 Å². The third kappa shape index (κ3) is 2.05. The van der Waals surface area contributed by atoms with Crippen LogP contribution in [0.3, 0.4) is 0 Å². The lowest BCUT2D eigenvalue weighted by molar-refractivity contribution is -0.157. The summed E-state index contributed by atoms with van der Waals surface area (Å²) in [5.74, 6) is 0.390. The highest BCUT2D eigenvalue weighted by molar-refractivity contribution is 7.10. The predicted molar refractivity (Wildman–Crippen MR) is 69.3 cm³/mol. The van der Waals surface area contributed by atoms with Gasteiger partial charge in [-0.3, -0.25) is 0 Å². The van der Waals surface area contributed by atoms with Crippen molar-refractivity contribution in [3.63, 3.8) is 0 Å². The number of hydrogen-bond acceptors (Lipinski definition) is 3. The van der Waals surface area contributed by atoms with Crippen molar-refractivity contribution in [1.82, 2.24) is 0 Å². The second kappa shape index (κ2) is 4.38. The summed E-state index contributed by atoms with van der Waals surface area (Å²) >= 11 is 1.69. The summed E-state index contributed by atoms with van der Waals surface area (Å²) in [4.78, 5) is 1.16. The first-order valence-electron chi connectivity index (χ1n) is 6.56. The first-order valence-corrected chi connectivity index (χ1v) is 7.44. The molecule has 17 heavy (non-hydrogen) atoms. The van der Waals surface area contributed by atoms with Gasteiger partial charge in [-0.2, -0.15) is 0 Å². The Morgan fingerprint density at radius 2 is 2.35 bits per heavy atom. The van der Waals surface area contributed by atoms with Gasteiger partial charge in [-0.1, -0.05) is 0 Å². The minimum atomic E-state index is -0.281. The van der Waals surface area contributed by atoms with Gasteiger partial charge >= 0.3 is 0 Å². The first kappa shape index (κ1) is 11.7. The van der Waals surface area contributed by atoms with Gasteiger partial charge in [-0.25, -0.2) is 0 Å². The second-order valence-corrected chi connectivity index (χ2v) is 6.50. The van der Waals surface area contributed by atoms with E-state index in [0.717, 1.165) is 24.3 Å². The summed E-state index contributed by atoms with van der Waals surface area (Å²) in [6.45, 7) is 2.92. The number of aryl methyl sites for hydroxylation is 1. The molecule has 2 fully saturated rings. The Morgan fingerprint density at radius 3 is 2.94 bits per heavy atom. The third-order valence-electron chi connectivity index (χ3n) is 4.41. The molecule has 0 aromatic carbocycles. The molecule has 3 rings (SSSR count). The number of thiophene rings is 1. The molecule has 2 nitrogen and oxygen atoms in total. The largest absolute Gasteiger partial charge is 0.387 e. The summed E-state index contributed by atoms with van der Waals surface area (Å²) in [7, 11) is 0. The van der Waals surface area contributed by atoms with Crippen LogP contribution in [0.2, 0.25) is 0 Å². The van der Waals surface area contributed by atoms with Crippen LogP contribution in [-0.4, -0.2) is 17.3 Å². The van der Waals surface area contributed by atoms with Crippen molar-refractivity contribution in [3.05, 3.63) is 21.9 Å². The fourth-order valence-corrected chi connectivity index (χ4v) is 4.16. The van der Waals surface area contributed by atoms with Gasteiger partial charge in [0.05, 0.1) is 11.7 Å². The lowest BCUT2D eigenvalue weighted by Gasteiger charge is -2.48. The highest BCUT2D eigenvalue weighted by Gasteiger charge is 2.44. The van der Waals surface area contributed by atoms with E-state index in [4.69, 9.17) is 4.74 Å². The monoisotopic (exact) mass is 252 g/mol. The zero-order valence-electron chi connectivity index (χ0n) is 10.3. The first-order chi connectivity index (χ1) is 8.20. The smallest absolute Gasteiger partial charge is 0.0914 e. The van der Waals surface area contributed by atoms with Crippen LogP contribution in [0.4, 0.5) is 0 Å². The minimum absolute atomic E-state index is 0.134. The molecule has 1 aromatic rings. The van der Waals surface area contributed by atoms with E-state index in [-0.39, 0.29) is 11.7 Å². The van der Waals surface area contributed by atoms with Gasteiger partial charge in [0.2, 0.25) is 0 Å². The zero-order valence-corrected chi connectivity index (χ0v) is 11.1. The molecule has 2 atom stereocenters. The van der Waals surface area contributed by atoms with Gasteiger partial charge < -0.3 is 9.84 Å². The van der Waals surface area contributed by atoms with E-state index >= 15 is 0 Å². The molecule has 2 heterocycles. The highest BCUT2D eigenvalue weighted by atomic mass is 32.1. The number of hydrogen-bond donors (Lipinski definition) is 1. The molecule has 0 amide bonds. The summed E-state index contributed by atoms with van der Waals surface area (Å²) in [6.07, 6.45) is 5.45. The van der Waals surface area contributed by atoms with Crippen LogP contribution in [0.25, 0.3) is 0 Å². The standard InChI is InChI=1S/C14H20O2S/c1-10-4-8-17-13(10)12(15)11-3-7-16-14(9-11)5-2-6-14/h4,8,11-12,15H,2-3,5-7,9H2,1H3. The van der Waals surface area contributed by atoms with Crippen LogP contribution >= 0.6 is 11.3 Å². The molecule has 1 aliphatic carbocycles. The summed E-state index contributed by atoms with van der Waals surface area (Å²) in [6, 6.07) is 2.10. The summed E-state index contributed by atoms with van der Waals surface area (Å²) < 4.78 is 5.92. The van der Waals surface area contributed by atoms with E-state index < -0.39 is 0 Å². The van der Waals surface area contributed by atoms with Crippen LogP contribution < -0.4 is 0 Å². The van der Waals surface area contributed by atoms with Crippen LogP contribution in [0.5, 0.6) is 0 Å². The predicted octanol–water partition coefficient (Wildman–Crippen LogP) is 3.44. The maximum absolute atomic E-state index is 10.5. The normalized spacial score (nSPS) is 28.9. The fourth-order valence-electron chi connectivity index (χ4n) is 3.16. The Bertz CT molecular complexity index is 395. The molecular weight excluding hydrogens is 232 g/mol. The number of ether oxygens (including phenoxy) is 1. The molecule has 1 spiro atoms. The van der Waals surface area contributed by atoms with E-state index in [2.05, 4.69) is 18.4 Å². The Morgan fingerprint density at radius 1 is 1.53 bits per heavy atom. The van der Waals surface area contributed by atoms with Crippen molar-refractivity contribution in [2.45, 2.75) is 50.7 Å². The molecule has 1 N–H and O–H groups in total. The molecule has 94 valence electrons. The van der Waals surface area contributed by atoms with E-state index in [0.29, 0.717) is 5.92 Å². The third-order valence-corrected chi connectivity index (χ3v) is 5.50. The highest BCUT2D eigenvalue weighted by Crippen LogP contribution is 2.47. The molecule has 0 radical (unpaired) electrons. The Hall–Kier alpha value is -0.380.